The molecule has 5 rings (SSSR count). The third kappa shape index (κ3) is 10.3. The zero-order valence-corrected chi connectivity index (χ0v) is 33.1. The normalized spacial score (nSPS) is 14.1. The third-order valence-electron chi connectivity index (χ3n) is 7.85. The van der Waals surface area contributed by atoms with Gasteiger partial charge >= 0.3 is 0 Å². The van der Waals surface area contributed by atoms with Gasteiger partial charge in [0.2, 0.25) is 5.91 Å². The quantitative estimate of drug-likeness (QED) is 0.0772. The SMILES string of the molecule is C=C/C=C\C(=C/C)N1C(=O)/C(=C/c2cc(Br)c(OCc3ccc(Br)cc3)c(OCC)c2)C(=O)N=C1SCC(=O)NC(c1ccccc1)c1ccccc1. The molecule has 0 saturated heterocycles. The molecule has 0 radical (unpaired) electrons. The fraction of sp³-hybridized carbons (Fsp3) is 0.143. The van der Waals surface area contributed by atoms with Crippen LogP contribution in [-0.4, -0.2) is 40.1 Å². The summed E-state index contributed by atoms with van der Waals surface area (Å²) >= 11 is 8.05. The smallest absolute Gasteiger partial charge is 0.285 e. The van der Waals surface area contributed by atoms with Crippen molar-refractivity contribution in [1.82, 2.24) is 10.2 Å². The molecule has 0 saturated carbocycles. The second kappa shape index (κ2) is 19.2. The molecule has 0 aliphatic carbocycles. The minimum absolute atomic E-state index is 0.0814. The van der Waals surface area contributed by atoms with Crippen molar-refractivity contribution in [3.8, 4) is 11.5 Å². The van der Waals surface area contributed by atoms with Gasteiger partial charge in [0.05, 0.1) is 22.9 Å². The van der Waals surface area contributed by atoms with Crippen molar-refractivity contribution in [1.29, 1.82) is 0 Å². The maximum atomic E-state index is 14.2. The van der Waals surface area contributed by atoms with Crippen molar-refractivity contribution >= 4 is 72.6 Å². The molecule has 4 aromatic rings. The molecule has 0 unspecified atom stereocenters. The summed E-state index contributed by atoms with van der Waals surface area (Å²) in [6.07, 6.45) is 8.16. The second-order valence-corrected chi connectivity index (χ2v) is 14.2. The Kier molecular flexibility index (Phi) is 14.2. The van der Waals surface area contributed by atoms with Gasteiger partial charge in [-0.25, -0.2) is 0 Å². The Labute approximate surface area is 330 Å². The van der Waals surface area contributed by atoms with Crippen molar-refractivity contribution < 1.29 is 23.9 Å². The molecule has 0 aromatic heterocycles. The van der Waals surface area contributed by atoms with E-state index in [2.05, 4.69) is 48.7 Å². The number of carbonyl (C=O) groups is 3. The number of rotatable bonds is 14. The number of halogens is 2. The molecule has 270 valence electrons. The predicted octanol–water partition coefficient (Wildman–Crippen LogP) is 9.58. The Bertz CT molecular complexity index is 2040. The fourth-order valence-electron chi connectivity index (χ4n) is 5.37. The van der Waals surface area contributed by atoms with E-state index < -0.39 is 17.9 Å². The Morgan fingerprint density at radius 3 is 2.23 bits per heavy atom. The molecule has 0 atom stereocenters. The Morgan fingerprint density at radius 2 is 1.62 bits per heavy atom. The van der Waals surface area contributed by atoms with E-state index in [4.69, 9.17) is 9.47 Å². The zero-order valence-electron chi connectivity index (χ0n) is 29.1. The third-order valence-corrected chi connectivity index (χ3v) is 9.91. The molecule has 3 amide bonds. The molecular formula is C42H37Br2N3O5S. The van der Waals surface area contributed by atoms with Crippen LogP contribution in [0.3, 0.4) is 0 Å². The van der Waals surface area contributed by atoms with Gasteiger partial charge in [0.1, 0.15) is 12.2 Å². The number of amidine groups is 1. The highest BCUT2D eigenvalue weighted by atomic mass is 79.9. The average Bonchev–Trinajstić information content (AvgIpc) is 3.16. The first-order chi connectivity index (χ1) is 25.7. The molecule has 1 heterocycles. The molecular weight excluding hydrogens is 818 g/mol. The van der Waals surface area contributed by atoms with E-state index in [1.165, 1.54) is 11.0 Å². The van der Waals surface area contributed by atoms with Gasteiger partial charge in [-0.05, 0) is 88.4 Å². The van der Waals surface area contributed by atoms with E-state index in [0.717, 1.165) is 32.9 Å². The number of amides is 3. The van der Waals surface area contributed by atoms with Crippen molar-refractivity contribution in [2.45, 2.75) is 26.5 Å². The summed E-state index contributed by atoms with van der Waals surface area (Å²) in [6, 6.07) is 30.2. The van der Waals surface area contributed by atoms with Gasteiger partial charge in [-0.15, -0.1) is 0 Å². The van der Waals surface area contributed by atoms with E-state index in [0.29, 0.717) is 40.4 Å². The number of nitrogens with zero attached hydrogens (tertiary/aromatic N) is 2. The van der Waals surface area contributed by atoms with Crippen LogP contribution in [0.1, 0.15) is 42.1 Å². The van der Waals surface area contributed by atoms with Crippen molar-refractivity contribution in [2.24, 2.45) is 4.99 Å². The summed E-state index contributed by atoms with van der Waals surface area (Å²) in [7, 11) is 0. The Balaban J connectivity index is 1.42. The lowest BCUT2D eigenvalue weighted by molar-refractivity contribution is -0.126. The van der Waals surface area contributed by atoms with Crippen LogP contribution >= 0.6 is 43.6 Å². The summed E-state index contributed by atoms with van der Waals surface area (Å²) < 4.78 is 13.6. The molecule has 53 heavy (non-hydrogen) atoms. The van der Waals surface area contributed by atoms with Crippen LogP contribution < -0.4 is 14.8 Å². The molecule has 0 bridgehead atoms. The number of aliphatic imine (C=N–C) groups is 1. The average molecular weight is 856 g/mol. The van der Waals surface area contributed by atoms with Gasteiger partial charge in [-0.2, -0.15) is 4.99 Å². The monoisotopic (exact) mass is 853 g/mol. The topological polar surface area (TPSA) is 97.3 Å². The first kappa shape index (κ1) is 39.2. The van der Waals surface area contributed by atoms with Crippen LogP contribution in [0.5, 0.6) is 11.5 Å². The number of hydrogen-bond acceptors (Lipinski definition) is 6. The summed E-state index contributed by atoms with van der Waals surface area (Å²) in [6.45, 7) is 8.04. The lowest BCUT2D eigenvalue weighted by atomic mass is 9.99. The minimum Gasteiger partial charge on any atom is -0.490 e. The zero-order chi connectivity index (χ0) is 37.7. The summed E-state index contributed by atoms with van der Waals surface area (Å²) in [5.41, 5.74) is 3.63. The number of thioether (sulfide) groups is 1. The number of allylic oxidation sites excluding steroid dienone is 4. The van der Waals surface area contributed by atoms with Gasteiger partial charge in [0.25, 0.3) is 11.8 Å². The van der Waals surface area contributed by atoms with Crippen LogP contribution in [0.4, 0.5) is 0 Å². The number of carbonyl (C=O) groups excluding carboxylic acids is 3. The maximum absolute atomic E-state index is 14.2. The molecule has 1 aliphatic heterocycles. The van der Waals surface area contributed by atoms with E-state index >= 15 is 0 Å². The number of hydrogen-bond donors (Lipinski definition) is 1. The van der Waals surface area contributed by atoms with Crippen molar-refractivity contribution in [3.05, 3.63) is 170 Å². The molecule has 11 heteroatoms. The molecule has 1 aliphatic rings. The lowest BCUT2D eigenvalue weighted by Gasteiger charge is -2.28. The highest BCUT2D eigenvalue weighted by molar-refractivity contribution is 9.10. The summed E-state index contributed by atoms with van der Waals surface area (Å²) in [4.78, 5) is 46.9. The fourth-order valence-corrected chi connectivity index (χ4v) is 7.02. The van der Waals surface area contributed by atoms with Gasteiger partial charge in [0.15, 0.2) is 16.7 Å². The molecule has 0 spiro atoms. The van der Waals surface area contributed by atoms with Gasteiger partial charge < -0.3 is 14.8 Å². The minimum atomic E-state index is -0.728. The highest BCUT2D eigenvalue weighted by Crippen LogP contribution is 2.39. The van der Waals surface area contributed by atoms with E-state index in [1.54, 1.807) is 43.4 Å². The lowest BCUT2D eigenvalue weighted by Crippen LogP contribution is -2.42. The predicted molar refractivity (Wildman–Crippen MR) is 219 cm³/mol. The number of benzene rings is 4. The van der Waals surface area contributed by atoms with Crippen molar-refractivity contribution in [3.63, 3.8) is 0 Å². The summed E-state index contributed by atoms with van der Waals surface area (Å²) in [5.74, 6) is -0.784. The first-order valence-electron chi connectivity index (χ1n) is 16.7. The van der Waals surface area contributed by atoms with Gasteiger partial charge in [0, 0.05) is 10.2 Å². The maximum Gasteiger partial charge on any atom is 0.285 e. The van der Waals surface area contributed by atoms with Crippen LogP contribution in [0.25, 0.3) is 6.08 Å². The number of nitrogens with one attached hydrogen (secondary N) is 1. The highest BCUT2D eigenvalue weighted by Gasteiger charge is 2.35. The van der Waals surface area contributed by atoms with E-state index in [-0.39, 0.29) is 22.4 Å². The van der Waals surface area contributed by atoms with Crippen molar-refractivity contribution in [2.75, 3.05) is 12.4 Å². The largest absolute Gasteiger partial charge is 0.490 e. The molecule has 0 fully saturated rings. The number of ether oxygens (including phenoxy) is 2. The van der Waals surface area contributed by atoms with Crippen LogP contribution in [0.2, 0.25) is 0 Å². The Morgan fingerprint density at radius 1 is 0.962 bits per heavy atom. The van der Waals surface area contributed by atoms with Crippen LogP contribution in [0, 0.1) is 0 Å². The van der Waals surface area contributed by atoms with Gasteiger partial charge in [-0.3, -0.25) is 19.3 Å². The Hall–Kier alpha value is -4.97. The second-order valence-electron chi connectivity index (χ2n) is 11.5. The standard InChI is InChI=1S/C42H37Br2N3O5S/c1-4-7-18-33(5-2)47-41(50)34(23-29-24-35(44)39(36(25-29)51-6-3)52-26-28-19-21-32(43)22-20-28)40(49)46-42(47)53-27-37(48)45-38(30-14-10-8-11-15-30)31-16-12-9-13-17-31/h4-5,7-25,38H,1,6,26-27H2,2-3H3,(H,45,48)/b18-7-,33-5+,34-23+. The van der Waals surface area contributed by atoms with Crippen LogP contribution in [0.15, 0.2) is 153 Å². The van der Waals surface area contributed by atoms with Crippen LogP contribution in [-0.2, 0) is 21.0 Å². The van der Waals surface area contributed by atoms with Gasteiger partial charge in [-0.1, -0.05) is 125 Å². The van der Waals surface area contributed by atoms with E-state index in [1.807, 2.05) is 91.9 Å². The molecule has 4 aromatic carbocycles. The molecule has 1 N–H and O–H groups in total. The molecule has 8 nitrogen and oxygen atoms in total. The summed E-state index contributed by atoms with van der Waals surface area (Å²) in [5, 5.41) is 3.19. The first-order valence-corrected chi connectivity index (χ1v) is 19.3. The van der Waals surface area contributed by atoms with E-state index in [9.17, 15) is 14.4 Å².